The van der Waals surface area contributed by atoms with E-state index in [2.05, 4.69) is 21.4 Å². The first kappa shape index (κ1) is 13.3. The van der Waals surface area contributed by atoms with Crippen molar-refractivity contribution in [3.05, 3.63) is 58.1 Å². The van der Waals surface area contributed by atoms with E-state index >= 15 is 0 Å². The van der Waals surface area contributed by atoms with Gasteiger partial charge in [-0.2, -0.15) is 0 Å². The molecule has 2 N–H and O–H groups in total. The number of nitrogens with one attached hydrogen (secondary N) is 1. The van der Waals surface area contributed by atoms with Gasteiger partial charge in [-0.15, -0.1) is 0 Å². The highest BCUT2D eigenvalue weighted by Gasteiger charge is 2.15. The van der Waals surface area contributed by atoms with E-state index in [-0.39, 0.29) is 5.69 Å². The molecular weight excluding hydrogens is 319 g/mol. The Labute approximate surface area is 115 Å². The molecule has 1 aromatic heterocycles. The molecule has 2 rings (SSSR count). The van der Waals surface area contributed by atoms with E-state index in [1.165, 1.54) is 0 Å². The molecule has 0 spiro atoms. The van der Waals surface area contributed by atoms with Gasteiger partial charge in [-0.05, 0) is 24.3 Å². The molecule has 1 aromatic carbocycles. The zero-order chi connectivity index (χ0) is 14.0. The van der Waals surface area contributed by atoms with Gasteiger partial charge in [0.25, 0.3) is 5.91 Å². The quantitative estimate of drug-likeness (QED) is 0.910. The van der Waals surface area contributed by atoms with Crippen molar-refractivity contribution in [2.75, 3.05) is 5.43 Å². The Balaban J connectivity index is 2.24. The maximum Gasteiger partial charge on any atom is 0.354 e. The fourth-order valence-electron chi connectivity index (χ4n) is 1.46. The minimum atomic E-state index is -1.33. The van der Waals surface area contributed by atoms with E-state index in [9.17, 15) is 14.0 Å². The number of carbonyl (C=O) groups is 2. The molecule has 0 fully saturated rings. The van der Waals surface area contributed by atoms with Crippen LogP contribution in [-0.2, 0) is 0 Å². The zero-order valence-corrected chi connectivity index (χ0v) is 11.0. The lowest BCUT2D eigenvalue weighted by Crippen LogP contribution is -2.25. The first-order chi connectivity index (χ1) is 8.97. The van der Waals surface area contributed by atoms with Crippen molar-refractivity contribution in [3.8, 4) is 0 Å². The molecule has 1 heterocycles. The van der Waals surface area contributed by atoms with Crippen molar-refractivity contribution in [2.45, 2.75) is 0 Å². The maximum absolute atomic E-state index is 13.0. The van der Waals surface area contributed by atoms with Crippen LogP contribution in [0.4, 0.5) is 4.39 Å². The summed E-state index contributed by atoms with van der Waals surface area (Å²) in [4.78, 5) is 22.7. The van der Waals surface area contributed by atoms with Crippen molar-refractivity contribution in [3.63, 3.8) is 0 Å². The molecule has 0 saturated carbocycles. The maximum atomic E-state index is 13.0. The molecular formula is C12H8BrFN2O3. The first-order valence-corrected chi connectivity index (χ1v) is 5.95. The summed E-state index contributed by atoms with van der Waals surface area (Å²) in [7, 11) is 0. The summed E-state index contributed by atoms with van der Waals surface area (Å²) >= 11 is 3.23. The van der Waals surface area contributed by atoms with Gasteiger partial charge in [0.1, 0.15) is 5.82 Å². The van der Waals surface area contributed by atoms with Gasteiger partial charge in [0, 0.05) is 16.1 Å². The van der Waals surface area contributed by atoms with Crippen LogP contribution in [0.25, 0.3) is 0 Å². The van der Waals surface area contributed by atoms with E-state index in [1.54, 1.807) is 24.3 Å². The number of aromatic carboxylic acids is 1. The third-order valence-corrected chi connectivity index (χ3v) is 2.86. The molecule has 0 saturated heterocycles. The third kappa shape index (κ3) is 3.00. The van der Waals surface area contributed by atoms with Crippen molar-refractivity contribution < 1.29 is 19.1 Å². The van der Waals surface area contributed by atoms with Crippen LogP contribution in [0.2, 0.25) is 0 Å². The fourth-order valence-corrected chi connectivity index (χ4v) is 1.73. The Hall–Kier alpha value is -2.15. The molecule has 5 nitrogen and oxygen atoms in total. The summed E-state index contributed by atoms with van der Waals surface area (Å²) in [6, 6.07) is 7.27. The van der Waals surface area contributed by atoms with Crippen molar-refractivity contribution in [1.82, 2.24) is 4.68 Å². The smallest absolute Gasteiger partial charge is 0.354 e. The second kappa shape index (κ2) is 5.23. The number of carboxylic acids is 1. The van der Waals surface area contributed by atoms with Gasteiger partial charge >= 0.3 is 5.97 Å². The SMILES string of the molecule is O=C(Nn1cc(F)cc1C(=O)O)c1ccc(Br)cc1. The highest BCUT2D eigenvalue weighted by atomic mass is 79.9. The Morgan fingerprint density at radius 1 is 1.26 bits per heavy atom. The topological polar surface area (TPSA) is 71.3 Å². The number of halogens is 2. The molecule has 0 aliphatic carbocycles. The number of nitrogens with zero attached hydrogens (tertiary/aromatic N) is 1. The van der Waals surface area contributed by atoms with Crippen LogP contribution >= 0.6 is 15.9 Å². The van der Waals surface area contributed by atoms with E-state index in [4.69, 9.17) is 5.11 Å². The van der Waals surface area contributed by atoms with E-state index in [0.717, 1.165) is 21.4 Å². The van der Waals surface area contributed by atoms with E-state index in [0.29, 0.717) is 5.56 Å². The van der Waals surface area contributed by atoms with Crippen LogP contribution in [-0.4, -0.2) is 21.7 Å². The molecule has 7 heteroatoms. The summed E-state index contributed by atoms with van der Waals surface area (Å²) in [6.45, 7) is 0. The monoisotopic (exact) mass is 326 g/mol. The summed E-state index contributed by atoms with van der Waals surface area (Å²) in [5, 5.41) is 8.85. The summed E-state index contributed by atoms with van der Waals surface area (Å²) in [5.74, 6) is -2.61. The molecule has 0 aliphatic rings. The van der Waals surface area contributed by atoms with Crippen LogP contribution in [0, 0.1) is 5.82 Å². The number of hydrogen-bond donors (Lipinski definition) is 2. The average Bonchev–Trinajstić information content (AvgIpc) is 2.71. The molecule has 0 atom stereocenters. The highest BCUT2D eigenvalue weighted by molar-refractivity contribution is 9.10. The average molecular weight is 327 g/mol. The van der Waals surface area contributed by atoms with Crippen molar-refractivity contribution >= 4 is 27.8 Å². The number of hydrogen-bond acceptors (Lipinski definition) is 2. The zero-order valence-electron chi connectivity index (χ0n) is 9.43. The number of amides is 1. The van der Waals surface area contributed by atoms with Crippen molar-refractivity contribution in [2.24, 2.45) is 0 Å². The molecule has 19 heavy (non-hydrogen) atoms. The Kier molecular flexibility index (Phi) is 3.66. The highest BCUT2D eigenvalue weighted by Crippen LogP contribution is 2.11. The van der Waals surface area contributed by atoms with Crippen molar-refractivity contribution in [1.29, 1.82) is 0 Å². The van der Waals surface area contributed by atoms with E-state index < -0.39 is 17.7 Å². The van der Waals surface area contributed by atoms with Crippen LogP contribution < -0.4 is 5.43 Å². The Morgan fingerprint density at radius 2 is 1.89 bits per heavy atom. The Morgan fingerprint density at radius 3 is 2.47 bits per heavy atom. The second-order valence-corrected chi connectivity index (χ2v) is 4.58. The minimum absolute atomic E-state index is 0.327. The lowest BCUT2D eigenvalue weighted by atomic mass is 10.2. The van der Waals surface area contributed by atoms with Crippen LogP contribution in [0.15, 0.2) is 41.0 Å². The number of rotatable bonds is 3. The molecule has 2 aromatic rings. The lowest BCUT2D eigenvalue weighted by molar-refractivity contribution is 0.0687. The molecule has 0 bridgehead atoms. The molecule has 0 aliphatic heterocycles. The fraction of sp³-hybridized carbons (Fsp3) is 0. The molecule has 1 amide bonds. The lowest BCUT2D eigenvalue weighted by Gasteiger charge is -2.08. The number of carboxylic acid groups (broad SMARTS) is 1. The minimum Gasteiger partial charge on any atom is -0.477 e. The van der Waals surface area contributed by atoms with Gasteiger partial charge in [0.15, 0.2) is 5.69 Å². The summed E-state index contributed by atoms with van der Waals surface area (Å²) < 4.78 is 14.7. The van der Waals surface area contributed by atoms with Gasteiger partial charge in [-0.25, -0.2) is 9.18 Å². The normalized spacial score (nSPS) is 10.2. The number of carbonyl (C=O) groups excluding carboxylic acids is 1. The first-order valence-electron chi connectivity index (χ1n) is 5.15. The van der Waals surface area contributed by atoms with Gasteiger partial charge in [0.05, 0.1) is 6.20 Å². The summed E-state index contributed by atoms with van der Waals surface area (Å²) in [5.41, 5.74) is 2.26. The Bertz CT molecular complexity index is 637. The third-order valence-electron chi connectivity index (χ3n) is 2.33. The molecule has 98 valence electrons. The van der Waals surface area contributed by atoms with Gasteiger partial charge in [-0.3, -0.25) is 14.9 Å². The second-order valence-electron chi connectivity index (χ2n) is 3.67. The van der Waals surface area contributed by atoms with Gasteiger partial charge < -0.3 is 5.11 Å². The van der Waals surface area contributed by atoms with Gasteiger partial charge in [0.2, 0.25) is 0 Å². The van der Waals surface area contributed by atoms with Crippen LogP contribution in [0.3, 0.4) is 0 Å². The van der Waals surface area contributed by atoms with E-state index in [1.807, 2.05) is 0 Å². The summed E-state index contributed by atoms with van der Waals surface area (Å²) in [6.07, 6.45) is 0.889. The van der Waals surface area contributed by atoms with Crippen LogP contribution in [0.5, 0.6) is 0 Å². The predicted molar refractivity (Wildman–Crippen MR) is 69.2 cm³/mol. The number of aromatic nitrogens is 1. The molecule has 0 radical (unpaired) electrons. The standard InChI is InChI=1S/C12H8BrFN2O3/c13-8-3-1-7(2-4-8)11(17)15-16-6-9(14)5-10(16)12(18)19/h1-6H,(H,15,17)(H,18,19). The van der Waals surface area contributed by atoms with Gasteiger partial charge in [-0.1, -0.05) is 15.9 Å². The van der Waals surface area contributed by atoms with Crippen LogP contribution in [0.1, 0.15) is 20.8 Å². The largest absolute Gasteiger partial charge is 0.477 e. The molecule has 0 unspecified atom stereocenters. The predicted octanol–water partition coefficient (Wildman–Crippen LogP) is 2.47. The number of benzene rings is 1.